The van der Waals surface area contributed by atoms with Crippen LogP contribution in [0.15, 0.2) is 11.0 Å². The highest BCUT2D eigenvalue weighted by molar-refractivity contribution is 7.89. The lowest BCUT2D eigenvalue weighted by atomic mass is 9.89. The van der Waals surface area contributed by atoms with Crippen LogP contribution in [-0.4, -0.2) is 37.8 Å². The van der Waals surface area contributed by atoms with E-state index in [1.807, 2.05) is 0 Å². The highest BCUT2D eigenvalue weighted by atomic mass is 35.5. The van der Waals surface area contributed by atoms with Crippen LogP contribution in [0.2, 0.25) is 8.67 Å². The van der Waals surface area contributed by atoms with E-state index in [2.05, 4.69) is 4.74 Å². The molecule has 1 aromatic heterocycles. The van der Waals surface area contributed by atoms with Crippen LogP contribution in [-0.2, 0) is 24.3 Å². The molecule has 3 rings (SSSR count). The zero-order chi connectivity index (χ0) is 15.4. The van der Waals surface area contributed by atoms with Crippen LogP contribution in [0.4, 0.5) is 0 Å². The van der Waals surface area contributed by atoms with Crippen molar-refractivity contribution < 1.29 is 22.7 Å². The summed E-state index contributed by atoms with van der Waals surface area (Å²) >= 11 is 12.6. The molecule has 2 aliphatic heterocycles. The van der Waals surface area contributed by atoms with Gasteiger partial charge in [-0.25, -0.2) is 8.42 Å². The second-order valence-electron chi connectivity index (χ2n) is 4.79. The number of ether oxygens (including phenoxy) is 1. The van der Waals surface area contributed by atoms with E-state index in [1.54, 1.807) is 0 Å². The largest absolute Gasteiger partial charge is 0.393 e. The predicted octanol–water partition coefficient (Wildman–Crippen LogP) is 1.77. The van der Waals surface area contributed by atoms with Gasteiger partial charge < -0.3 is 4.74 Å². The van der Waals surface area contributed by atoms with Crippen molar-refractivity contribution in [1.82, 2.24) is 4.31 Å². The molecule has 2 atom stereocenters. The standard InChI is InChI=1S/C11H9Cl2NO5S2/c12-8-3-7(9(13)20-8)21(17,18)14-2-1-5-6(4-14)11(16)19-10(5)15/h3,5-6H,1-2,4H2. The number of carbonyl (C=O) groups is 2. The third-order valence-corrected chi connectivity index (χ3v) is 7.24. The first-order chi connectivity index (χ1) is 9.80. The quantitative estimate of drug-likeness (QED) is 0.586. The minimum absolute atomic E-state index is 0.0738. The van der Waals surface area contributed by atoms with Gasteiger partial charge in [-0.3, -0.25) is 9.59 Å². The molecule has 1 aromatic rings. The van der Waals surface area contributed by atoms with Gasteiger partial charge >= 0.3 is 11.9 Å². The van der Waals surface area contributed by atoms with Crippen LogP contribution in [0.25, 0.3) is 0 Å². The lowest BCUT2D eigenvalue weighted by Gasteiger charge is -2.30. The minimum Gasteiger partial charge on any atom is -0.393 e. The smallest absolute Gasteiger partial charge is 0.318 e. The lowest BCUT2D eigenvalue weighted by molar-refractivity contribution is -0.153. The molecule has 114 valence electrons. The maximum absolute atomic E-state index is 12.6. The number of carbonyl (C=O) groups excluding carboxylic acids is 2. The number of cyclic esters (lactones) is 2. The van der Waals surface area contributed by atoms with Crippen LogP contribution in [0.5, 0.6) is 0 Å². The van der Waals surface area contributed by atoms with Gasteiger partial charge in [0.25, 0.3) is 0 Å². The van der Waals surface area contributed by atoms with Crippen molar-refractivity contribution in [1.29, 1.82) is 0 Å². The molecule has 0 N–H and O–H groups in total. The topological polar surface area (TPSA) is 80.8 Å². The highest BCUT2D eigenvalue weighted by Crippen LogP contribution is 2.39. The summed E-state index contributed by atoms with van der Waals surface area (Å²) in [6.45, 7) is 0.0526. The summed E-state index contributed by atoms with van der Waals surface area (Å²) in [6.07, 6.45) is 0.254. The highest BCUT2D eigenvalue weighted by Gasteiger charge is 2.49. The Kier molecular flexibility index (Phi) is 3.77. The fourth-order valence-electron chi connectivity index (χ4n) is 2.55. The van der Waals surface area contributed by atoms with Gasteiger partial charge in [-0.1, -0.05) is 23.2 Å². The fraction of sp³-hybridized carbons (Fsp3) is 0.455. The van der Waals surface area contributed by atoms with E-state index in [4.69, 9.17) is 23.2 Å². The maximum atomic E-state index is 12.6. The summed E-state index contributed by atoms with van der Waals surface area (Å²) in [5.74, 6) is -2.53. The second kappa shape index (κ2) is 5.20. The van der Waals surface area contributed by atoms with Gasteiger partial charge in [0.2, 0.25) is 10.0 Å². The molecule has 21 heavy (non-hydrogen) atoms. The number of fused-ring (bicyclic) bond motifs is 1. The van der Waals surface area contributed by atoms with Crippen LogP contribution in [0, 0.1) is 11.8 Å². The predicted molar refractivity (Wildman–Crippen MR) is 75.8 cm³/mol. The molecule has 0 aliphatic carbocycles. The second-order valence-corrected chi connectivity index (χ2v) is 8.99. The molecule has 6 nitrogen and oxygen atoms in total. The average molecular weight is 370 g/mol. The van der Waals surface area contributed by atoms with Crippen molar-refractivity contribution >= 4 is 56.5 Å². The van der Waals surface area contributed by atoms with Crippen LogP contribution in [0.1, 0.15) is 6.42 Å². The summed E-state index contributed by atoms with van der Waals surface area (Å²) in [7, 11) is -3.84. The van der Waals surface area contributed by atoms with Crippen LogP contribution < -0.4 is 0 Å². The van der Waals surface area contributed by atoms with E-state index >= 15 is 0 Å². The van der Waals surface area contributed by atoms with Crippen LogP contribution >= 0.6 is 34.5 Å². The number of hydrogen-bond acceptors (Lipinski definition) is 6. The zero-order valence-electron chi connectivity index (χ0n) is 10.4. The van der Waals surface area contributed by atoms with E-state index in [-0.39, 0.29) is 33.1 Å². The number of rotatable bonds is 2. The van der Waals surface area contributed by atoms with E-state index in [9.17, 15) is 18.0 Å². The van der Waals surface area contributed by atoms with Gasteiger partial charge in [0.1, 0.15) is 9.23 Å². The SMILES string of the molecule is O=C1OC(=O)C2CN(S(=O)(=O)c3cc(Cl)sc3Cl)CCC12. The maximum Gasteiger partial charge on any atom is 0.318 e. The monoisotopic (exact) mass is 369 g/mol. The van der Waals surface area contributed by atoms with E-state index in [1.165, 1.54) is 6.07 Å². The van der Waals surface area contributed by atoms with Crippen LogP contribution in [0.3, 0.4) is 0 Å². The first-order valence-electron chi connectivity index (χ1n) is 6.01. The van der Waals surface area contributed by atoms with Gasteiger partial charge in [-0.2, -0.15) is 4.31 Å². The Morgan fingerprint density at radius 3 is 2.52 bits per heavy atom. The molecule has 0 saturated carbocycles. The Hall–Kier alpha value is -0.670. The third-order valence-electron chi connectivity index (χ3n) is 3.63. The number of thiophene rings is 1. The third kappa shape index (κ3) is 2.49. The molecular formula is C11H9Cl2NO5S2. The van der Waals surface area contributed by atoms with Crippen molar-refractivity contribution in [3.8, 4) is 0 Å². The molecule has 10 heteroatoms. The number of hydrogen-bond donors (Lipinski definition) is 0. The van der Waals surface area contributed by atoms with Gasteiger partial charge in [-0.05, 0) is 12.5 Å². The van der Waals surface area contributed by atoms with Crippen molar-refractivity contribution in [2.45, 2.75) is 11.3 Å². The van der Waals surface area contributed by atoms with Crippen molar-refractivity contribution in [2.75, 3.05) is 13.1 Å². The average Bonchev–Trinajstić information content (AvgIpc) is 2.90. The summed E-state index contributed by atoms with van der Waals surface area (Å²) in [4.78, 5) is 23.0. The van der Waals surface area contributed by atoms with E-state index < -0.39 is 33.8 Å². The Balaban J connectivity index is 1.90. The first-order valence-corrected chi connectivity index (χ1v) is 9.02. The minimum atomic E-state index is -3.84. The summed E-state index contributed by atoms with van der Waals surface area (Å²) < 4.78 is 31.2. The van der Waals surface area contributed by atoms with E-state index in [0.29, 0.717) is 0 Å². The summed E-state index contributed by atoms with van der Waals surface area (Å²) in [5, 5.41) is 0. The zero-order valence-corrected chi connectivity index (χ0v) is 13.6. The van der Waals surface area contributed by atoms with Crippen molar-refractivity contribution in [3.05, 3.63) is 14.7 Å². The molecule has 0 amide bonds. The Labute approximate surface area is 134 Å². The molecule has 0 spiro atoms. The van der Waals surface area contributed by atoms with E-state index in [0.717, 1.165) is 15.6 Å². The van der Waals surface area contributed by atoms with Crippen molar-refractivity contribution in [3.63, 3.8) is 0 Å². The lowest BCUT2D eigenvalue weighted by Crippen LogP contribution is -2.44. The Morgan fingerprint density at radius 1 is 1.24 bits per heavy atom. The fourth-order valence-corrected chi connectivity index (χ4v) is 6.15. The summed E-state index contributed by atoms with van der Waals surface area (Å²) in [6, 6.07) is 1.29. The molecule has 0 bridgehead atoms. The van der Waals surface area contributed by atoms with Gasteiger partial charge in [0.05, 0.1) is 16.2 Å². The number of sulfonamides is 1. The number of nitrogens with zero attached hydrogens (tertiary/aromatic N) is 1. The van der Waals surface area contributed by atoms with Gasteiger partial charge in [-0.15, -0.1) is 11.3 Å². The molecule has 2 fully saturated rings. The molecule has 0 aromatic carbocycles. The summed E-state index contributed by atoms with van der Waals surface area (Å²) in [5.41, 5.74) is 0. The van der Waals surface area contributed by atoms with Gasteiger partial charge in [0, 0.05) is 13.1 Å². The first kappa shape index (κ1) is 15.2. The molecule has 3 heterocycles. The number of halogens is 2. The molecule has 2 unspecified atom stereocenters. The molecule has 2 aliphatic rings. The number of piperidine rings is 1. The van der Waals surface area contributed by atoms with Gasteiger partial charge in [0.15, 0.2) is 0 Å². The normalized spacial score (nSPS) is 26.8. The molecule has 2 saturated heterocycles. The molecule has 0 radical (unpaired) electrons. The Morgan fingerprint density at radius 2 is 1.90 bits per heavy atom. The molecular weight excluding hydrogens is 361 g/mol. The Bertz CT molecular complexity index is 729. The number of esters is 2. The van der Waals surface area contributed by atoms with Crippen molar-refractivity contribution in [2.24, 2.45) is 11.8 Å².